The third-order valence-corrected chi connectivity index (χ3v) is 7.43. The van der Waals surface area contributed by atoms with Crippen molar-refractivity contribution in [2.75, 3.05) is 6.54 Å². The van der Waals surface area contributed by atoms with Crippen LogP contribution < -0.4 is 16.4 Å². The van der Waals surface area contributed by atoms with Crippen LogP contribution in [0.2, 0.25) is 0 Å². The molecule has 35 heavy (non-hydrogen) atoms. The Labute approximate surface area is 205 Å². The summed E-state index contributed by atoms with van der Waals surface area (Å²) in [6, 6.07) is 0.256. The van der Waals surface area contributed by atoms with Crippen LogP contribution in [0.4, 0.5) is 0 Å². The minimum atomic E-state index is -1.08. The van der Waals surface area contributed by atoms with Gasteiger partial charge in [0.25, 0.3) is 5.91 Å². The Morgan fingerprint density at radius 2 is 2.00 bits per heavy atom. The molecule has 1 aromatic heterocycles. The Morgan fingerprint density at radius 3 is 2.71 bits per heavy atom. The maximum atomic E-state index is 13.6. The zero-order chi connectivity index (χ0) is 25.2. The first kappa shape index (κ1) is 24.9. The summed E-state index contributed by atoms with van der Waals surface area (Å²) in [6.07, 6.45) is 9.58. The van der Waals surface area contributed by atoms with E-state index in [4.69, 9.17) is 5.73 Å². The topological polar surface area (TPSA) is 150 Å². The number of nitrogens with two attached hydrogens (primary N) is 1. The van der Waals surface area contributed by atoms with Crippen molar-refractivity contribution in [3.63, 3.8) is 0 Å². The number of primary amides is 1. The molecule has 4 atom stereocenters. The highest BCUT2D eigenvalue weighted by Gasteiger charge is 2.59. The first-order chi connectivity index (χ1) is 16.7. The molecule has 3 aliphatic rings. The Hall–Kier alpha value is -3.17. The van der Waals surface area contributed by atoms with Gasteiger partial charge in [-0.3, -0.25) is 24.3 Å². The monoisotopic (exact) mass is 484 g/mol. The number of carbonyl (C=O) groups excluding carboxylic acids is 4. The number of nitrogens with one attached hydrogen (secondary N) is 3. The van der Waals surface area contributed by atoms with Crippen molar-refractivity contribution < 1.29 is 19.2 Å². The lowest BCUT2D eigenvalue weighted by molar-refractivity contribution is -0.141. The molecule has 10 heteroatoms. The molecule has 0 unspecified atom stereocenters. The van der Waals surface area contributed by atoms with Gasteiger partial charge in [-0.15, -0.1) is 0 Å². The van der Waals surface area contributed by atoms with E-state index in [-0.39, 0.29) is 29.3 Å². The molecule has 4 rings (SSSR count). The van der Waals surface area contributed by atoms with E-state index in [1.807, 2.05) is 26.0 Å². The van der Waals surface area contributed by atoms with Crippen molar-refractivity contribution in [3.05, 3.63) is 29.6 Å². The highest BCUT2D eigenvalue weighted by molar-refractivity contribution is 5.99. The highest BCUT2D eigenvalue weighted by atomic mass is 16.2. The standard InChI is InChI=1S/C25H36N6O4/c1-15(2)18-13-19(30-29-18)21(32)27-17-10-7-5-3-4-6-9-16-14-25(16,24(26)35)28-22(33)20-11-8-12-31(20)23(17)34/h6,9,13,15-17,20H,3-5,7-8,10-12,14H2,1-2H3,(H2,26,35)(H,27,32)(H,28,33)(H,29,30)/b9-6-/t16-,17+,20+,25-/m1/s1. The molecule has 10 nitrogen and oxygen atoms in total. The maximum absolute atomic E-state index is 13.6. The molecular formula is C25H36N6O4. The number of rotatable bonds is 4. The summed E-state index contributed by atoms with van der Waals surface area (Å²) in [5.74, 6) is -1.52. The molecule has 4 amide bonds. The Kier molecular flexibility index (Phi) is 7.28. The van der Waals surface area contributed by atoms with E-state index in [1.165, 1.54) is 0 Å². The molecule has 0 aromatic carbocycles. The molecule has 0 radical (unpaired) electrons. The van der Waals surface area contributed by atoms with Gasteiger partial charge in [0.1, 0.15) is 23.3 Å². The second-order valence-corrected chi connectivity index (χ2v) is 10.3. The molecule has 3 heterocycles. The van der Waals surface area contributed by atoms with E-state index in [9.17, 15) is 19.2 Å². The quantitative estimate of drug-likeness (QED) is 0.478. The molecule has 1 saturated carbocycles. The van der Waals surface area contributed by atoms with Gasteiger partial charge in [-0.2, -0.15) is 5.10 Å². The molecular weight excluding hydrogens is 448 g/mol. The lowest BCUT2D eigenvalue weighted by atomic mass is 10.0. The second kappa shape index (κ2) is 10.2. The zero-order valence-corrected chi connectivity index (χ0v) is 20.5. The number of fused-ring (bicyclic) bond motifs is 2. The molecule has 1 aromatic rings. The number of hydrogen-bond acceptors (Lipinski definition) is 5. The van der Waals surface area contributed by atoms with Crippen molar-refractivity contribution in [1.29, 1.82) is 0 Å². The predicted octanol–water partition coefficient (Wildman–Crippen LogP) is 1.50. The molecule has 0 bridgehead atoms. The van der Waals surface area contributed by atoms with Crippen LogP contribution in [-0.2, 0) is 14.4 Å². The van der Waals surface area contributed by atoms with Gasteiger partial charge >= 0.3 is 0 Å². The summed E-state index contributed by atoms with van der Waals surface area (Å²) in [7, 11) is 0. The molecule has 1 aliphatic carbocycles. The number of carbonyl (C=O) groups is 4. The SMILES string of the molecule is CC(C)c1cc(C(=O)N[C@H]2CCCCC/C=C\[C@@H]3C[C@@]3(C(N)=O)NC(=O)[C@@H]3CCCN3C2=O)n[nH]1. The minimum Gasteiger partial charge on any atom is -0.368 e. The summed E-state index contributed by atoms with van der Waals surface area (Å²) in [5, 5.41) is 12.7. The van der Waals surface area contributed by atoms with Crippen LogP contribution in [0.3, 0.4) is 0 Å². The zero-order valence-electron chi connectivity index (χ0n) is 20.5. The van der Waals surface area contributed by atoms with Gasteiger partial charge in [-0.25, -0.2) is 0 Å². The fourth-order valence-electron chi connectivity index (χ4n) is 5.10. The first-order valence-electron chi connectivity index (χ1n) is 12.7. The van der Waals surface area contributed by atoms with Crippen LogP contribution in [0.25, 0.3) is 0 Å². The average Bonchev–Trinajstić information content (AvgIpc) is 3.19. The van der Waals surface area contributed by atoms with Crippen molar-refractivity contribution in [1.82, 2.24) is 25.7 Å². The number of H-pyrrole nitrogens is 1. The van der Waals surface area contributed by atoms with Crippen molar-refractivity contribution >= 4 is 23.6 Å². The smallest absolute Gasteiger partial charge is 0.272 e. The third kappa shape index (κ3) is 5.26. The number of aromatic amines is 1. The molecule has 1 saturated heterocycles. The van der Waals surface area contributed by atoms with Crippen LogP contribution in [0, 0.1) is 5.92 Å². The summed E-state index contributed by atoms with van der Waals surface area (Å²) in [4.78, 5) is 53.5. The number of hydrogen-bond donors (Lipinski definition) is 4. The molecule has 0 spiro atoms. The normalized spacial score (nSPS) is 30.5. The number of nitrogens with zero attached hydrogens (tertiary/aromatic N) is 2. The number of amides is 4. The Bertz CT molecular complexity index is 1020. The van der Waals surface area contributed by atoms with Gasteiger partial charge in [0.2, 0.25) is 17.7 Å². The van der Waals surface area contributed by atoms with Crippen molar-refractivity contribution in [3.8, 4) is 0 Å². The van der Waals surface area contributed by atoms with E-state index in [2.05, 4.69) is 20.8 Å². The van der Waals surface area contributed by atoms with Crippen LogP contribution in [-0.4, -0.2) is 62.9 Å². The van der Waals surface area contributed by atoms with Crippen molar-refractivity contribution in [2.45, 2.75) is 88.8 Å². The first-order valence-corrected chi connectivity index (χ1v) is 12.7. The van der Waals surface area contributed by atoms with Crippen molar-refractivity contribution in [2.24, 2.45) is 11.7 Å². The summed E-state index contributed by atoms with van der Waals surface area (Å²) in [5.41, 5.74) is 5.66. The fourth-order valence-corrected chi connectivity index (χ4v) is 5.10. The Morgan fingerprint density at radius 1 is 1.20 bits per heavy atom. The average molecular weight is 485 g/mol. The van der Waals surface area contributed by atoms with Gasteiger partial charge in [0.15, 0.2) is 0 Å². The molecule has 5 N–H and O–H groups in total. The van der Waals surface area contributed by atoms with Gasteiger partial charge < -0.3 is 21.3 Å². The largest absolute Gasteiger partial charge is 0.368 e. The van der Waals surface area contributed by atoms with Gasteiger partial charge in [-0.05, 0) is 50.5 Å². The summed E-state index contributed by atoms with van der Waals surface area (Å²) in [6.45, 7) is 4.42. The molecule has 2 fully saturated rings. The summed E-state index contributed by atoms with van der Waals surface area (Å²) < 4.78 is 0. The van der Waals surface area contributed by atoms with Gasteiger partial charge in [0, 0.05) is 18.2 Å². The van der Waals surface area contributed by atoms with Crippen LogP contribution in [0.15, 0.2) is 18.2 Å². The summed E-state index contributed by atoms with van der Waals surface area (Å²) >= 11 is 0. The van der Waals surface area contributed by atoms with Crippen LogP contribution >= 0.6 is 0 Å². The second-order valence-electron chi connectivity index (χ2n) is 10.3. The van der Waals surface area contributed by atoms with E-state index in [0.717, 1.165) is 31.4 Å². The molecule has 190 valence electrons. The minimum absolute atomic E-state index is 0.115. The highest BCUT2D eigenvalue weighted by Crippen LogP contribution is 2.45. The Balaban J connectivity index is 1.53. The predicted molar refractivity (Wildman–Crippen MR) is 129 cm³/mol. The van der Waals surface area contributed by atoms with E-state index in [0.29, 0.717) is 32.2 Å². The lowest BCUT2D eigenvalue weighted by Gasteiger charge is -2.29. The van der Waals surface area contributed by atoms with Gasteiger partial charge in [-0.1, -0.05) is 38.8 Å². The van der Waals surface area contributed by atoms with Gasteiger partial charge in [0.05, 0.1) is 0 Å². The number of aromatic nitrogens is 2. The van der Waals surface area contributed by atoms with E-state index in [1.54, 1.807) is 11.0 Å². The molecule has 2 aliphatic heterocycles. The van der Waals surface area contributed by atoms with Crippen LogP contribution in [0.1, 0.15) is 87.3 Å². The van der Waals surface area contributed by atoms with Crippen LogP contribution in [0.5, 0.6) is 0 Å². The van der Waals surface area contributed by atoms with E-state index >= 15 is 0 Å². The maximum Gasteiger partial charge on any atom is 0.272 e. The number of allylic oxidation sites excluding steroid dienone is 1. The lowest BCUT2D eigenvalue weighted by Crippen LogP contribution is -2.57. The third-order valence-electron chi connectivity index (χ3n) is 7.43. The fraction of sp³-hybridized carbons (Fsp3) is 0.640. The van der Waals surface area contributed by atoms with E-state index < -0.39 is 29.4 Å².